The molecule has 3 N–H and O–H groups in total. The fourth-order valence-electron chi connectivity index (χ4n) is 1.46. The van der Waals surface area contributed by atoms with Gasteiger partial charge in [-0.3, -0.25) is 4.68 Å². The van der Waals surface area contributed by atoms with Gasteiger partial charge in [0.25, 0.3) is 0 Å². The Morgan fingerprint density at radius 3 is 2.87 bits per heavy atom. The van der Waals surface area contributed by atoms with Crippen molar-refractivity contribution in [3.63, 3.8) is 0 Å². The van der Waals surface area contributed by atoms with E-state index in [-0.39, 0.29) is 5.75 Å². The van der Waals surface area contributed by atoms with Crippen LogP contribution in [-0.2, 0) is 6.54 Å². The number of phenols is 1. The van der Waals surface area contributed by atoms with Crippen molar-refractivity contribution < 1.29 is 5.11 Å². The van der Waals surface area contributed by atoms with Gasteiger partial charge in [0, 0.05) is 6.20 Å². The Hall–Kier alpha value is -1.97. The third kappa shape index (κ3) is 2.10. The molecule has 1 aromatic heterocycles. The Morgan fingerprint density at radius 1 is 1.47 bits per heavy atom. The van der Waals surface area contributed by atoms with E-state index in [9.17, 15) is 5.11 Å². The number of nitrogen functional groups attached to an aromatic ring is 1. The highest BCUT2D eigenvalue weighted by Crippen LogP contribution is 2.13. The monoisotopic (exact) mass is 203 g/mol. The second kappa shape index (κ2) is 3.65. The van der Waals surface area contributed by atoms with E-state index in [4.69, 9.17) is 5.73 Å². The summed E-state index contributed by atoms with van der Waals surface area (Å²) >= 11 is 0. The minimum atomic E-state index is 0.268. The molecule has 0 bridgehead atoms. The quantitative estimate of drug-likeness (QED) is 0.778. The molecular weight excluding hydrogens is 190 g/mol. The highest BCUT2D eigenvalue weighted by molar-refractivity contribution is 5.39. The third-order valence-corrected chi connectivity index (χ3v) is 2.24. The lowest BCUT2D eigenvalue weighted by Gasteiger charge is -2.01. The maximum absolute atomic E-state index is 9.30. The molecule has 0 amide bonds. The van der Waals surface area contributed by atoms with Crippen LogP contribution in [-0.4, -0.2) is 14.9 Å². The van der Waals surface area contributed by atoms with Crippen LogP contribution in [0.4, 0.5) is 5.69 Å². The van der Waals surface area contributed by atoms with Crippen molar-refractivity contribution >= 4 is 5.69 Å². The van der Waals surface area contributed by atoms with Crippen molar-refractivity contribution in [2.45, 2.75) is 13.5 Å². The molecule has 0 atom stereocenters. The van der Waals surface area contributed by atoms with Gasteiger partial charge in [0.1, 0.15) is 5.75 Å². The maximum Gasteiger partial charge on any atom is 0.115 e. The molecule has 0 spiro atoms. The largest absolute Gasteiger partial charge is 0.508 e. The van der Waals surface area contributed by atoms with Crippen LogP contribution in [0.3, 0.4) is 0 Å². The van der Waals surface area contributed by atoms with Crippen LogP contribution in [0.15, 0.2) is 30.5 Å². The number of aromatic nitrogens is 2. The van der Waals surface area contributed by atoms with Gasteiger partial charge in [-0.25, -0.2) is 0 Å². The molecular formula is C11H13N3O. The summed E-state index contributed by atoms with van der Waals surface area (Å²) in [4.78, 5) is 0. The van der Waals surface area contributed by atoms with Crippen LogP contribution < -0.4 is 5.73 Å². The summed E-state index contributed by atoms with van der Waals surface area (Å²) < 4.78 is 1.76. The molecule has 0 saturated heterocycles. The number of rotatable bonds is 2. The third-order valence-electron chi connectivity index (χ3n) is 2.24. The first kappa shape index (κ1) is 9.58. The van der Waals surface area contributed by atoms with Crippen LogP contribution in [0.2, 0.25) is 0 Å². The average molecular weight is 203 g/mol. The van der Waals surface area contributed by atoms with Gasteiger partial charge in [-0.05, 0) is 24.6 Å². The van der Waals surface area contributed by atoms with Gasteiger partial charge >= 0.3 is 0 Å². The Labute approximate surface area is 88.0 Å². The summed E-state index contributed by atoms with van der Waals surface area (Å²) in [6.45, 7) is 2.49. The molecule has 4 heteroatoms. The molecule has 0 radical (unpaired) electrons. The second-order valence-electron chi connectivity index (χ2n) is 3.54. The summed E-state index contributed by atoms with van der Waals surface area (Å²) in [5.41, 5.74) is 8.21. The molecule has 0 aliphatic heterocycles. The summed E-state index contributed by atoms with van der Waals surface area (Å²) in [5.74, 6) is 0.268. The maximum atomic E-state index is 9.30. The van der Waals surface area contributed by atoms with Crippen molar-refractivity contribution in [2.75, 3.05) is 5.73 Å². The number of hydrogen-bond donors (Lipinski definition) is 2. The molecule has 0 unspecified atom stereocenters. The molecule has 2 aromatic rings. The highest BCUT2D eigenvalue weighted by atomic mass is 16.3. The number of phenolic OH excluding ortho intramolecular Hbond substituents is 1. The highest BCUT2D eigenvalue weighted by Gasteiger charge is 2.01. The minimum Gasteiger partial charge on any atom is -0.508 e. The van der Waals surface area contributed by atoms with Crippen molar-refractivity contribution in [2.24, 2.45) is 0 Å². The zero-order valence-electron chi connectivity index (χ0n) is 8.51. The molecule has 0 saturated carbocycles. The molecule has 1 aromatic carbocycles. The normalized spacial score (nSPS) is 10.5. The zero-order valence-corrected chi connectivity index (χ0v) is 8.51. The lowest BCUT2D eigenvalue weighted by Crippen LogP contribution is -2.00. The molecule has 1 heterocycles. The van der Waals surface area contributed by atoms with E-state index in [0.29, 0.717) is 12.2 Å². The van der Waals surface area contributed by atoms with E-state index in [1.54, 1.807) is 23.0 Å². The first-order valence-corrected chi connectivity index (χ1v) is 4.72. The average Bonchev–Trinajstić information content (AvgIpc) is 2.45. The molecule has 4 nitrogen and oxygen atoms in total. The van der Waals surface area contributed by atoms with Crippen LogP contribution >= 0.6 is 0 Å². The summed E-state index contributed by atoms with van der Waals surface area (Å²) in [6, 6.07) is 7.11. The number of nitrogens with zero attached hydrogens (tertiary/aromatic N) is 2. The van der Waals surface area contributed by atoms with E-state index < -0.39 is 0 Å². The van der Waals surface area contributed by atoms with Gasteiger partial charge in [-0.2, -0.15) is 5.10 Å². The van der Waals surface area contributed by atoms with E-state index in [1.165, 1.54) is 0 Å². The van der Waals surface area contributed by atoms with Crippen LogP contribution in [0.1, 0.15) is 11.3 Å². The standard InChI is InChI=1S/C11H13N3O/c1-8-11(12)7-14(13-8)6-9-3-2-4-10(15)5-9/h2-5,7,15H,6,12H2,1H3. The molecule has 15 heavy (non-hydrogen) atoms. The Kier molecular flexibility index (Phi) is 2.33. The Morgan fingerprint density at radius 2 is 2.27 bits per heavy atom. The van der Waals surface area contributed by atoms with E-state index in [2.05, 4.69) is 5.10 Å². The van der Waals surface area contributed by atoms with Crippen molar-refractivity contribution in [3.8, 4) is 5.75 Å². The fourth-order valence-corrected chi connectivity index (χ4v) is 1.46. The van der Waals surface area contributed by atoms with Crippen LogP contribution in [0.5, 0.6) is 5.75 Å². The number of hydrogen-bond acceptors (Lipinski definition) is 3. The van der Waals surface area contributed by atoms with Gasteiger partial charge in [-0.1, -0.05) is 12.1 Å². The topological polar surface area (TPSA) is 64.1 Å². The zero-order chi connectivity index (χ0) is 10.8. The van der Waals surface area contributed by atoms with Gasteiger partial charge in [-0.15, -0.1) is 0 Å². The SMILES string of the molecule is Cc1nn(Cc2cccc(O)c2)cc1N. The Bertz CT molecular complexity index is 457. The molecule has 0 fully saturated rings. The van der Waals surface area contributed by atoms with E-state index in [0.717, 1.165) is 11.3 Å². The lowest BCUT2D eigenvalue weighted by atomic mass is 10.2. The number of anilines is 1. The van der Waals surface area contributed by atoms with Crippen molar-refractivity contribution in [1.82, 2.24) is 9.78 Å². The fraction of sp³-hybridized carbons (Fsp3) is 0.182. The molecule has 0 aliphatic carbocycles. The van der Waals surface area contributed by atoms with Crippen LogP contribution in [0.25, 0.3) is 0 Å². The van der Waals surface area contributed by atoms with Gasteiger partial charge in [0.2, 0.25) is 0 Å². The number of nitrogens with two attached hydrogens (primary N) is 1. The first-order valence-electron chi connectivity index (χ1n) is 4.72. The van der Waals surface area contributed by atoms with E-state index in [1.807, 2.05) is 19.1 Å². The molecule has 78 valence electrons. The summed E-state index contributed by atoms with van der Waals surface area (Å²) in [6.07, 6.45) is 1.79. The molecule has 0 aliphatic rings. The summed E-state index contributed by atoms with van der Waals surface area (Å²) in [5, 5.41) is 13.5. The smallest absolute Gasteiger partial charge is 0.115 e. The van der Waals surface area contributed by atoms with Crippen LogP contribution in [0, 0.1) is 6.92 Å². The number of aryl methyl sites for hydroxylation is 1. The van der Waals surface area contributed by atoms with Gasteiger partial charge < -0.3 is 10.8 Å². The first-order chi connectivity index (χ1) is 7.15. The van der Waals surface area contributed by atoms with Crippen molar-refractivity contribution in [1.29, 1.82) is 0 Å². The van der Waals surface area contributed by atoms with Gasteiger partial charge in [0.05, 0.1) is 17.9 Å². The number of aromatic hydroxyl groups is 1. The predicted octanol–water partition coefficient (Wildman–Crippen LogP) is 1.53. The number of benzene rings is 1. The molecule has 2 rings (SSSR count). The minimum absolute atomic E-state index is 0.268. The van der Waals surface area contributed by atoms with E-state index >= 15 is 0 Å². The summed E-state index contributed by atoms with van der Waals surface area (Å²) in [7, 11) is 0. The van der Waals surface area contributed by atoms with Crippen molar-refractivity contribution in [3.05, 3.63) is 41.7 Å². The van der Waals surface area contributed by atoms with Gasteiger partial charge in [0.15, 0.2) is 0 Å². The Balaban J connectivity index is 2.22. The predicted molar refractivity (Wildman–Crippen MR) is 58.6 cm³/mol. The lowest BCUT2D eigenvalue weighted by molar-refractivity contribution is 0.474. The second-order valence-corrected chi connectivity index (χ2v) is 3.54.